The largest absolute Gasteiger partial charge is 0.300 e. The highest BCUT2D eigenvalue weighted by Gasteiger charge is 2.38. The van der Waals surface area contributed by atoms with Crippen LogP contribution in [0.2, 0.25) is 0 Å². The maximum atomic E-state index is 12.5. The SMILES string of the molecule is CC1CN(CC2CCCC(C)(C)C2=O)CC(C)S1. The Bertz CT molecular complexity index is 306. The summed E-state index contributed by atoms with van der Waals surface area (Å²) >= 11 is 2.08. The highest BCUT2D eigenvalue weighted by molar-refractivity contribution is 8.00. The predicted octanol–water partition coefficient (Wildman–Crippen LogP) is 3.21. The topological polar surface area (TPSA) is 20.3 Å². The van der Waals surface area contributed by atoms with Crippen LogP contribution >= 0.6 is 11.8 Å². The van der Waals surface area contributed by atoms with Gasteiger partial charge in [-0.3, -0.25) is 4.79 Å². The lowest BCUT2D eigenvalue weighted by molar-refractivity contribution is -0.135. The van der Waals surface area contributed by atoms with Gasteiger partial charge in [0.1, 0.15) is 5.78 Å². The Kier molecular flexibility index (Phi) is 4.43. The first-order chi connectivity index (χ1) is 8.38. The molecular weight excluding hydrogens is 242 g/mol. The predicted molar refractivity (Wildman–Crippen MR) is 79.1 cm³/mol. The fourth-order valence-corrected chi connectivity index (χ4v) is 4.90. The van der Waals surface area contributed by atoms with Gasteiger partial charge in [0.05, 0.1) is 0 Å². The molecule has 2 fully saturated rings. The van der Waals surface area contributed by atoms with Crippen molar-refractivity contribution in [1.82, 2.24) is 4.90 Å². The fourth-order valence-electron chi connectivity index (χ4n) is 3.52. The normalized spacial score (nSPS) is 37.8. The number of thioether (sulfide) groups is 1. The molecule has 1 aliphatic heterocycles. The summed E-state index contributed by atoms with van der Waals surface area (Å²) in [6.45, 7) is 12.2. The number of nitrogens with zero attached hydrogens (tertiary/aromatic N) is 1. The van der Waals surface area contributed by atoms with Crippen LogP contribution in [0.3, 0.4) is 0 Å². The molecular formula is C15H27NOS. The molecule has 0 aromatic carbocycles. The van der Waals surface area contributed by atoms with Gasteiger partial charge < -0.3 is 4.90 Å². The van der Waals surface area contributed by atoms with Crippen LogP contribution in [0, 0.1) is 11.3 Å². The molecule has 0 amide bonds. The zero-order chi connectivity index (χ0) is 13.3. The highest BCUT2D eigenvalue weighted by Crippen LogP contribution is 2.36. The lowest BCUT2D eigenvalue weighted by Gasteiger charge is -2.40. The van der Waals surface area contributed by atoms with Gasteiger partial charge in [-0.05, 0) is 12.8 Å². The maximum Gasteiger partial charge on any atom is 0.142 e. The number of carbonyl (C=O) groups excluding carboxylic acids is 1. The smallest absolute Gasteiger partial charge is 0.142 e. The third-order valence-electron chi connectivity index (χ3n) is 4.37. The number of ketones is 1. The van der Waals surface area contributed by atoms with Gasteiger partial charge in [-0.15, -0.1) is 0 Å². The molecule has 0 aromatic heterocycles. The molecule has 0 N–H and O–H groups in total. The second kappa shape index (κ2) is 5.54. The Morgan fingerprint density at radius 2 is 1.89 bits per heavy atom. The first kappa shape index (κ1) is 14.4. The van der Waals surface area contributed by atoms with E-state index in [-0.39, 0.29) is 11.3 Å². The Balaban J connectivity index is 1.94. The van der Waals surface area contributed by atoms with E-state index in [0.29, 0.717) is 16.3 Å². The second-order valence-corrected chi connectivity index (χ2v) is 8.69. The van der Waals surface area contributed by atoms with Crippen LogP contribution in [-0.2, 0) is 4.79 Å². The Hall–Kier alpha value is -0.0200. The Morgan fingerprint density at radius 1 is 1.28 bits per heavy atom. The molecule has 0 radical (unpaired) electrons. The van der Waals surface area contributed by atoms with Crippen molar-refractivity contribution < 1.29 is 4.79 Å². The monoisotopic (exact) mass is 269 g/mol. The van der Waals surface area contributed by atoms with Crippen molar-refractivity contribution in [3.8, 4) is 0 Å². The summed E-state index contributed by atoms with van der Waals surface area (Å²) in [6.07, 6.45) is 3.40. The van der Waals surface area contributed by atoms with E-state index in [4.69, 9.17) is 0 Å². The van der Waals surface area contributed by atoms with E-state index >= 15 is 0 Å². The zero-order valence-electron chi connectivity index (χ0n) is 12.2. The molecule has 1 saturated heterocycles. The van der Waals surface area contributed by atoms with E-state index in [0.717, 1.165) is 32.5 Å². The van der Waals surface area contributed by atoms with Gasteiger partial charge in [0.2, 0.25) is 0 Å². The van der Waals surface area contributed by atoms with Gasteiger partial charge in [0.25, 0.3) is 0 Å². The summed E-state index contributed by atoms with van der Waals surface area (Å²) in [6, 6.07) is 0. The van der Waals surface area contributed by atoms with Gasteiger partial charge in [-0.25, -0.2) is 0 Å². The van der Waals surface area contributed by atoms with E-state index in [1.807, 2.05) is 0 Å². The molecule has 2 aliphatic rings. The third kappa shape index (κ3) is 3.30. The fraction of sp³-hybridized carbons (Fsp3) is 0.933. The molecule has 0 spiro atoms. The molecule has 2 nitrogen and oxygen atoms in total. The van der Waals surface area contributed by atoms with Gasteiger partial charge in [0.15, 0.2) is 0 Å². The number of hydrogen-bond acceptors (Lipinski definition) is 3. The van der Waals surface area contributed by atoms with Crippen LogP contribution < -0.4 is 0 Å². The van der Waals surface area contributed by atoms with Gasteiger partial charge in [-0.1, -0.05) is 34.1 Å². The molecule has 1 saturated carbocycles. The average molecular weight is 269 g/mol. The van der Waals surface area contributed by atoms with Crippen molar-refractivity contribution in [2.75, 3.05) is 19.6 Å². The van der Waals surface area contributed by atoms with Crippen LogP contribution in [0.25, 0.3) is 0 Å². The molecule has 0 aromatic rings. The number of Topliss-reactive ketones (excluding diaryl/α,β-unsaturated/α-hetero) is 1. The molecule has 104 valence electrons. The quantitative estimate of drug-likeness (QED) is 0.768. The number of rotatable bonds is 2. The summed E-state index contributed by atoms with van der Waals surface area (Å²) in [7, 11) is 0. The minimum absolute atomic E-state index is 0.0787. The Labute approximate surface area is 116 Å². The van der Waals surface area contributed by atoms with Crippen LogP contribution in [0.5, 0.6) is 0 Å². The van der Waals surface area contributed by atoms with Crippen LogP contribution in [0.4, 0.5) is 0 Å². The van der Waals surface area contributed by atoms with Crippen LogP contribution in [0.1, 0.15) is 47.0 Å². The molecule has 3 heteroatoms. The number of carbonyl (C=O) groups is 1. The van der Waals surface area contributed by atoms with Crippen molar-refractivity contribution in [3.63, 3.8) is 0 Å². The maximum absolute atomic E-state index is 12.5. The average Bonchev–Trinajstić information content (AvgIpc) is 2.23. The van der Waals surface area contributed by atoms with Crippen LogP contribution in [0.15, 0.2) is 0 Å². The lowest BCUT2D eigenvalue weighted by Crippen LogP contribution is -2.47. The van der Waals surface area contributed by atoms with Gasteiger partial charge in [-0.2, -0.15) is 11.8 Å². The van der Waals surface area contributed by atoms with E-state index < -0.39 is 0 Å². The first-order valence-corrected chi connectivity index (χ1v) is 8.25. The molecule has 3 unspecified atom stereocenters. The van der Waals surface area contributed by atoms with Crippen LogP contribution in [-0.4, -0.2) is 40.8 Å². The molecule has 2 rings (SSSR count). The van der Waals surface area contributed by atoms with Crippen molar-refractivity contribution in [3.05, 3.63) is 0 Å². The highest BCUT2D eigenvalue weighted by atomic mass is 32.2. The molecule has 0 bridgehead atoms. The standard InChI is InChI=1S/C15H27NOS/c1-11-8-16(9-12(2)18-11)10-13-6-5-7-15(3,4)14(13)17/h11-13H,5-10H2,1-4H3. The van der Waals surface area contributed by atoms with E-state index in [1.165, 1.54) is 6.42 Å². The summed E-state index contributed by atoms with van der Waals surface area (Å²) in [5.74, 6) is 0.795. The van der Waals surface area contributed by atoms with E-state index in [9.17, 15) is 4.79 Å². The minimum Gasteiger partial charge on any atom is -0.300 e. The summed E-state index contributed by atoms with van der Waals surface area (Å²) in [5, 5.41) is 1.42. The van der Waals surface area contributed by atoms with Crippen molar-refractivity contribution in [2.24, 2.45) is 11.3 Å². The van der Waals surface area contributed by atoms with Crippen molar-refractivity contribution in [2.45, 2.75) is 57.5 Å². The summed E-state index contributed by atoms with van der Waals surface area (Å²) < 4.78 is 0. The van der Waals surface area contributed by atoms with Gasteiger partial charge in [0, 0.05) is 41.5 Å². The molecule has 18 heavy (non-hydrogen) atoms. The summed E-state index contributed by atoms with van der Waals surface area (Å²) in [5.41, 5.74) is -0.0787. The van der Waals surface area contributed by atoms with Crippen molar-refractivity contribution in [1.29, 1.82) is 0 Å². The minimum atomic E-state index is -0.0787. The second-order valence-electron chi connectivity index (χ2n) is 6.81. The van der Waals surface area contributed by atoms with E-state index in [2.05, 4.69) is 44.4 Å². The van der Waals surface area contributed by atoms with Gasteiger partial charge >= 0.3 is 0 Å². The molecule has 1 aliphatic carbocycles. The third-order valence-corrected chi connectivity index (χ3v) is 5.59. The Morgan fingerprint density at radius 3 is 2.50 bits per heavy atom. The lowest BCUT2D eigenvalue weighted by atomic mass is 9.71. The molecule has 3 atom stereocenters. The summed E-state index contributed by atoms with van der Waals surface area (Å²) in [4.78, 5) is 15.0. The first-order valence-electron chi connectivity index (χ1n) is 7.30. The van der Waals surface area contributed by atoms with E-state index in [1.54, 1.807) is 0 Å². The number of hydrogen-bond donors (Lipinski definition) is 0. The molecule has 1 heterocycles. The zero-order valence-corrected chi connectivity index (χ0v) is 13.1. The van der Waals surface area contributed by atoms with Crippen molar-refractivity contribution >= 4 is 17.5 Å².